The van der Waals surface area contributed by atoms with Gasteiger partial charge in [0.25, 0.3) is 0 Å². The first-order chi connectivity index (χ1) is 9.33. The van der Waals surface area contributed by atoms with E-state index in [1.165, 1.54) is 31.2 Å². The summed E-state index contributed by atoms with van der Waals surface area (Å²) in [6.07, 6.45) is 9.24. The van der Waals surface area contributed by atoms with Crippen molar-refractivity contribution in [1.29, 1.82) is 0 Å². The van der Waals surface area contributed by atoms with Crippen molar-refractivity contribution in [1.82, 2.24) is 14.8 Å². The van der Waals surface area contributed by atoms with E-state index in [0.29, 0.717) is 0 Å². The topological polar surface area (TPSA) is 19.4 Å². The lowest BCUT2D eigenvalue weighted by Gasteiger charge is -2.39. The number of hydrogen-bond acceptors (Lipinski definition) is 4. The minimum Gasteiger partial charge on any atom is -0.340 e. The lowest BCUT2D eigenvalue weighted by Crippen LogP contribution is -2.47. The summed E-state index contributed by atoms with van der Waals surface area (Å²) >= 11 is 7.30. The predicted octanol–water partition coefficient (Wildman–Crippen LogP) is 3.07. The summed E-state index contributed by atoms with van der Waals surface area (Å²) in [6, 6.07) is 4.88. The van der Waals surface area contributed by atoms with Crippen LogP contribution in [0.3, 0.4) is 0 Å². The zero-order valence-electron chi connectivity index (χ0n) is 11.0. The van der Waals surface area contributed by atoms with E-state index in [4.69, 9.17) is 12.2 Å². The first kappa shape index (κ1) is 13.3. The Morgan fingerprint density at radius 1 is 1.37 bits per heavy atom. The summed E-state index contributed by atoms with van der Waals surface area (Å²) in [5.74, 6) is 1.06. The lowest BCUT2D eigenvalue weighted by molar-refractivity contribution is 0.155. The number of nitrogens with zero attached hydrogens (tertiary/aromatic N) is 3. The molecule has 0 spiro atoms. The van der Waals surface area contributed by atoms with Crippen molar-refractivity contribution in [2.24, 2.45) is 0 Å². The zero-order chi connectivity index (χ0) is 13.1. The maximum absolute atomic E-state index is 5.50. The van der Waals surface area contributed by atoms with Gasteiger partial charge >= 0.3 is 0 Å². The summed E-state index contributed by atoms with van der Waals surface area (Å²) in [6.45, 7) is 1.86. The fraction of sp³-hybridized carbons (Fsp3) is 0.571. The van der Waals surface area contributed by atoms with E-state index in [1.807, 2.05) is 18.5 Å². The minimum atomic E-state index is 0.770. The second kappa shape index (κ2) is 6.20. The van der Waals surface area contributed by atoms with Gasteiger partial charge in [0, 0.05) is 25.0 Å². The molecule has 3 nitrogen and oxygen atoms in total. The van der Waals surface area contributed by atoms with Crippen molar-refractivity contribution in [3.8, 4) is 0 Å². The molecule has 19 heavy (non-hydrogen) atoms. The third-order valence-electron chi connectivity index (χ3n) is 3.90. The van der Waals surface area contributed by atoms with Crippen molar-refractivity contribution >= 4 is 28.3 Å². The van der Waals surface area contributed by atoms with Gasteiger partial charge in [0.2, 0.25) is 0 Å². The monoisotopic (exact) mass is 293 g/mol. The maximum atomic E-state index is 5.50. The molecule has 1 aromatic rings. The number of thioether (sulfide) groups is 1. The highest BCUT2D eigenvalue weighted by Gasteiger charge is 2.28. The summed E-state index contributed by atoms with van der Waals surface area (Å²) in [5.41, 5.74) is 1.23. The van der Waals surface area contributed by atoms with E-state index in [1.54, 1.807) is 11.8 Å². The molecule has 0 unspecified atom stereocenters. The van der Waals surface area contributed by atoms with Crippen LogP contribution in [0.25, 0.3) is 0 Å². The summed E-state index contributed by atoms with van der Waals surface area (Å²) < 4.78 is 1.03. The summed E-state index contributed by atoms with van der Waals surface area (Å²) in [4.78, 5) is 9.07. The van der Waals surface area contributed by atoms with Gasteiger partial charge in [-0.25, -0.2) is 0 Å². The molecule has 1 aromatic heterocycles. The van der Waals surface area contributed by atoms with Gasteiger partial charge in [0.05, 0.1) is 12.5 Å². The van der Waals surface area contributed by atoms with Crippen molar-refractivity contribution in [2.45, 2.75) is 38.3 Å². The Bertz CT molecular complexity index is 432. The Labute approximate surface area is 124 Å². The molecule has 102 valence electrons. The summed E-state index contributed by atoms with van der Waals surface area (Å²) in [7, 11) is 0. The van der Waals surface area contributed by atoms with Crippen molar-refractivity contribution in [3.05, 3.63) is 30.1 Å². The first-order valence-electron chi connectivity index (χ1n) is 6.87. The molecule has 2 aliphatic rings. The predicted molar refractivity (Wildman–Crippen MR) is 83.8 cm³/mol. The third kappa shape index (κ3) is 3.27. The van der Waals surface area contributed by atoms with Crippen LogP contribution >= 0.6 is 24.0 Å². The molecular formula is C14H19N3S2. The maximum Gasteiger partial charge on any atom is 0.138 e. The zero-order valence-corrected chi connectivity index (χ0v) is 12.6. The summed E-state index contributed by atoms with van der Waals surface area (Å²) in [5, 5.41) is 0. The standard InChI is InChI=1S/C14H19N3S2/c18-14-16(9-12-4-3-7-15-8-12)10-17(11-19-14)13-5-1-2-6-13/h3-4,7-8,13H,1-2,5-6,9-11H2. The molecule has 0 atom stereocenters. The lowest BCUT2D eigenvalue weighted by atomic mass is 10.2. The van der Waals surface area contributed by atoms with Gasteiger partial charge in [-0.3, -0.25) is 9.88 Å². The molecule has 5 heteroatoms. The van der Waals surface area contributed by atoms with Gasteiger partial charge in [0.15, 0.2) is 0 Å². The van der Waals surface area contributed by atoms with E-state index >= 15 is 0 Å². The second-order valence-electron chi connectivity index (χ2n) is 5.27. The van der Waals surface area contributed by atoms with E-state index in [2.05, 4.69) is 20.9 Å². The number of thiocarbonyl (C=S) groups is 1. The molecule has 2 fully saturated rings. The van der Waals surface area contributed by atoms with Gasteiger partial charge in [-0.05, 0) is 24.5 Å². The van der Waals surface area contributed by atoms with Crippen LogP contribution in [0.1, 0.15) is 31.2 Å². The molecule has 3 rings (SSSR count). The van der Waals surface area contributed by atoms with Crippen LogP contribution in [0.4, 0.5) is 0 Å². The fourth-order valence-electron chi connectivity index (χ4n) is 2.86. The molecule has 1 aliphatic heterocycles. The normalized spacial score (nSPS) is 22.1. The molecule has 0 aromatic carbocycles. The quantitative estimate of drug-likeness (QED) is 0.795. The Balaban J connectivity index is 1.64. The highest BCUT2D eigenvalue weighted by Crippen LogP contribution is 2.29. The second-order valence-corrected chi connectivity index (χ2v) is 6.85. The van der Waals surface area contributed by atoms with Crippen LogP contribution in [-0.4, -0.2) is 37.7 Å². The SMILES string of the molecule is S=C1SCN(C2CCCC2)CN1Cc1cccnc1. The molecular weight excluding hydrogens is 274 g/mol. The molecule has 0 amide bonds. The Kier molecular flexibility index (Phi) is 4.35. The number of pyridine rings is 1. The van der Waals surface area contributed by atoms with Crippen molar-refractivity contribution in [2.75, 3.05) is 12.5 Å². The Hall–Kier alpha value is -0.650. The average Bonchev–Trinajstić information content (AvgIpc) is 2.96. The average molecular weight is 293 g/mol. The van der Waals surface area contributed by atoms with Crippen molar-refractivity contribution in [3.63, 3.8) is 0 Å². The molecule has 1 saturated carbocycles. The molecule has 2 heterocycles. The molecule has 0 bridgehead atoms. The highest BCUT2D eigenvalue weighted by atomic mass is 32.2. The minimum absolute atomic E-state index is 0.770. The molecule has 1 saturated heterocycles. The van der Waals surface area contributed by atoms with E-state index < -0.39 is 0 Å². The van der Waals surface area contributed by atoms with Gasteiger partial charge in [-0.1, -0.05) is 42.9 Å². The van der Waals surface area contributed by atoms with Crippen LogP contribution in [0.15, 0.2) is 24.5 Å². The molecule has 1 aliphatic carbocycles. The first-order valence-corrected chi connectivity index (χ1v) is 8.27. The van der Waals surface area contributed by atoms with E-state index in [0.717, 1.165) is 29.5 Å². The Morgan fingerprint density at radius 3 is 2.95 bits per heavy atom. The van der Waals surface area contributed by atoms with E-state index in [-0.39, 0.29) is 0 Å². The van der Waals surface area contributed by atoms with Crippen LogP contribution < -0.4 is 0 Å². The number of rotatable bonds is 3. The van der Waals surface area contributed by atoms with Crippen LogP contribution in [0, 0.1) is 0 Å². The van der Waals surface area contributed by atoms with Gasteiger partial charge in [0.1, 0.15) is 4.32 Å². The molecule has 0 N–H and O–H groups in total. The van der Waals surface area contributed by atoms with Crippen LogP contribution in [0.2, 0.25) is 0 Å². The Morgan fingerprint density at radius 2 is 2.21 bits per heavy atom. The molecule has 0 radical (unpaired) electrons. The van der Waals surface area contributed by atoms with Gasteiger partial charge in [-0.2, -0.15) is 0 Å². The fourth-order valence-corrected chi connectivity index (χ4v) is 4.02. The third-order valence-corrected chi connectivity index (χ3v) is 5.48. The van der Waals surface area contributed by atoms with Gasteiger partial charge in [-0.15, -0.1) is 0 Å². The van der Waals surface area contributed by atoms with Crippen LogP contribution in [0.5, 0.6) is 0 Å². The smallest absolute Gasteiger partial charge is 0.138 e. The van der Waals surface area contributed by atoms with E-state index in [9.17, 15) is 0 Å². The number of aromatic nitrogens is 1. The number of hydrogen-bond donors (Lipinski definition) is 0. The van der Waals surface area contributed by atoms with Gasteiger partial charge < -0.3 is 4.90 Å². The largest absolute Gasteiger partial charge is 0.340 e. The van der Waals surface area contributed by atoms with Crippen LogP contribution in [-0.2, 0) is 6.54 Å². The highest BCUT2D eigenvalue weighted by molar-refractivity contribution is 8.22. The van der Waals surface area contributed by atoms with Crippen molar-refractivity contribution < 1.29 is 0 Å².